The Morgan fingerprint density at radius 2 is 2.29 bits per heavy atom. The highest BCUT2D eigenvalue weighted by atomic mass is 127. The molecular weight excluding hydrogens is 342 g/mol. The van der Waals surface area contributed by atoms with Crippen molar-refractivity contribution in [3.63, 3.8) is 0 Å². The predicted molar refractivity (Wildman–Crippen MR) is 68.2 cm³/mol. The highest BCUT2D eigenvalue weighted by Crippen LogP contribution is 2.36. The van der Waals surface area contributed by atoms with E-state index in [-0.39, 0.29) is 10.0 Å². The smallest absolute Gasteiger partial charge is 0.330 e. The van der Waals surface area contributed by atoms with Gasteiger partial charge in [0.25, 0.3) is 5.56 Å². The zero-order chi connectivity index (χ0) is 12.6. The monoisotopic (exact) mass is 354 g/mol. The highest BCUT2D eigenvalue weighted by molar-refractivity contribution is 14.1. The minimum atomic E-state index is -1.36. The molecule has 0 aliphatic carbocycles. The number of hydrogen-bond acceptors (Lipinski definition) is 3. The summed E-state index contributed by atoms with van der Waals surface area (Å²) in [5.74, 6) is 0. The lowest BCUT2D eigenvalue weighted by Gasteiger charge is -2.14. The van der Waals surface area contributed by atoms with Gasteiger partial charge in [-0.15, -0.1) is 0 Å². The summed E-state index contributed by atoms with van der Waals surface area (Å²) in [5, 5.41) is 0. The molecule has 1 aromatic heterocycles. The normalized spacial score (nSPS) is 32.9. The first-order chi connectivity index (χ1) is 8.06. The van der Waals surface area contributed by atoms with E-state index < -0.39 is 23.6 Å². The van der Waals surface area contributed by atoms with Crippen molar-refractivity contribution in [3.8, 4) is 0 Å². The molecule has 0 bridgehead atoms. The maximum absolute atomic E-state index is 14.0. The number of nitrogens with zero attached hydrogens (tertiary/aromatic N) is 1. The van der Waals surface area contributed by atoms with E-state index in [1.807, 2.05) is 29.5 Å². The molecule has 0 saturated carbocycles. The first-order valence-electron chi connectivity index (χ1n) is 5.30. The molecule has 0 amide bonds. The number of H-pyrrole nitrogens is 1. The van der Waals surface area contributed by atoms with Gasteiger partial charge >= 0.3 is 5.69 Å². The summed E-state index contributed by atoms with van der Waals surface area (Å²) in [6.07, 6.45) is -0.880. The fraction of sp³-hybridized carbons (Fsp3) is 0.600. The van der Waals surface area contributed by atoms with E-state index in [9.17, 15) is 14.0 Å². The molecule has 1 N–H and O–H groups in total. The molecule has 2 heterocycles. The zero-order valence-corrected chi connectivity index (χ0v) is 11.3. The van der Waals surface area contributed by atoms with Crippen LogP contribution in [0, 0.1) is 0 Å². The van der Waals surface area contributed by atoms with E-state index in [0.29, 0.717) is 6.42 Å². The van der Waals surface area contributed by atoms with Crippen LogP contribution in [0.2, 0.25) is 0 Å². The Kier molecular flexibility index (Phi) is 3.67. The fourth-order valence-corrected chi connectivity index (χ4v) is 2.92. The largest absolute Gasteiger partial charge is 0.350 e. The summed E-state index contributed by atoms with van der Waals surface area (Å²) in [5.41, 5.74) is -1.20. The lowest BCUT2D eigenvalue weighted by atomic mass is 10.2. The summed E-state index contributed by atoms with van der Waals surface area (Å²) in [6.45, 7) is 1.88. The van der Waals surface area contributed by atoms with Crippen LogP contribution in [-0.4, -0.2) is 25.8 Å². The summed E-state index contributed by atoms with van der Waals surface area (Å²) in [7, 11) is 0. The summed E-state index contributed by atoms with van der Waals surface area (Å²) >= 11 is 1.96. The van der Waals surface area contributed by atoms with Crippen LogP contribution in [-0.2, 0) is 4.74 Å². The number of rotatable bonds is 2. The molecule has 0 spiro atoms. The Balaban J connectivity index is 2.42. The third-order valence-electron chi connectivity index (χ3n) is 2.79. The third kappa shape index (κ3) is 2.17. The minimum absolute atomic E-state index is 0.276. The topological polar surface area (TPSA) is 64.1 Å². The number of alkyl halides is 2. The minimum Gasteiger partial charge on any atom is -0.350 e. The third-order valence-corrected chi connectivity index (χ3v) is 4.28. The summed E-state index contributed by atoms with van der Waals surface area (Å²) in [6, 6.07) is 1.18. The van der Waals surface area contributed by atoms with Gasteiger partial charge in [0.1, 0.15) is 0 Å². The van der Waals surface area contributed by atoms with Gasteiger partial charge in [0, 0.05) is 12.3 Å². The maximum atomic E-state index is 14.0. The Morgan fingerprint density at radius 3 is 2.82 bits per heavy atom. The molecule has 1 aliphatic heterocycles. The van der Waals surface area contributed by atoms with Gasteiger partial charge in [0.15, 0.2) is 12.4 Å². The van der Waals surface area contributed by atoms with Crippen LogP contribution in [0.25, 0.3) is 0 Å². The number of halogens is 2. The molecule has 2 rings (SSSR count). The zero-order valence-electron chi connectivity index (χ0n) is 9.10. The van der Waals surface area contributed by atoms with Crippen LogP contribution in [0.3, 0.4) is 0 Å². The van der Waals surface area contributed by atoms with Crippen molar-refractivity contribution in [1.82, 2.24) is 9.55 Å². The van der Waals surface area contributed by atoms with Gasteiger partial charge < -0.3 is 9.72 Å². The van der Waals surface area contributed by atoms with E-state index >= 15 is 0 Å². The van der Waals surface area contributed by atoms with E-state index in [2.05, 4.69) is 4.98 Å². The van der Waals surface area contributed by atoms with Gasteiger partial charge in [-0.2, -0.15) is 0 Å². The van der Waals surface area contributed by atoms with Crippen molar-refractivity contribution in [2.75, 3.05) is 0 Å². The van der Waals surface area contributed by atoms with Gasteiger partial charge in [0.05, 0.1) is 10.0 Å². The Bertz CT molecular complexity index is 487. The Labute approximate surface area is 110 Å². The van der Waals surface area contributed by atoms with E-state index in [1.54, 1.807) is 0 Å². The van der Waals surface area contributed by atoms with Gasteiger partial charge in [0.2, 0.25) is 0 Å². The van der Waals surface area contributed by atoms with Crippen molar-refractivity contribution in [2.45, 2.75) is 35.8 Å². The second-order valence-electron chi connectivity index (χ2n) is 3.85. The second kappa shape index (κ2) is 4.89. The van der Waals surface area contributed by atoms with Crippen LogP contribution in [0.4, 0.5) is 4.39 Å². The molecule has 1 fully saturated rings. The van der Waals surface area contributed by atoms with Gasteiger partial charge in [-0.05, 0) is 6.42 Å². The molecule has 2 unspecified atom stereocenters. The number of aromatic amines is 1. The van der Waals surface area contributed by atoms with Crippen LogP contribution in [0.1, 0.15) is 19.6 Å². The average Bonchev–Trinajstić information content (AvgIpc) is 2.57. The molecule has 7 heteroatoms. The highest BCUT2D eigenvalue weighted by Gasteiger charge is 2.44. The summed E-state index contributed by atoms with van der Waals surface area (Å²) < 4.78 is 19.9. The van der Waals surface area contributed by atoms with Crippen LogP contribution in [0.5, 0.6) is 0 Å². The molecule has 0 aromatic carbocycles. The predicted octanol–water partition coefficient (Wildman–Crippen LogP) is 0.986. The van der Waals surface area contributed by atoms with Crippen molar-refractivity contribution in [1.29, 1.82) is 0 Å². The van der Waals surface area contributed by atoms with E-state index in [1.165, 1.54) is 12.3 Å². The van der Waals surface area contributed by atoms with Crippen molar-refractivity contribution >= 4 is 22.6 Å². The number of aromatic nitrogens is 2. The Hall–Kier alpha value is -0.700. The van der Waals surface area contributed by atoms with Gasteiger partial charge in [-0.3, -0.25) is 4.79 Å². The number of nitrogens with one attached hydrogen (secondary N) is 1. The summed E-state index contributed by atoms with van der Waals surface area (Å²) in [4.78, 5) is 25.4. The van der Waals surface area contributed by atoms with Crippen molar-refractivity contribution < 1.29 is 9.13 Å². The standard InChI is InChI=1S/C10H12FIN2O3/c1-2-5-8(12)7(11)9(17-5)14-6(15)3-4-13-10(14)16/h3-5,7-9H,2H2,1H3,(H,13,16)/t5-,7?,8?,9-/m1/s1. The first kappa shape index (κ1) is 12.7. The quantitative estimate of drug-likeness (QED) is 0.636. The van der Waals surface area contributed by atoms with E-state index in [0.717, 1.165) is 4.57 Å². The fourth-order valence-electron chi connectivity index (χ4n) is 1.89. The first-order valence-corrected chi connectivity index (χ1v) is 6.54. The number of ether oxygens (including phenoxy) is 1. The van der Waals surface area contributed by atoms with Crippen molar-refractivity contribution in [3.05, 3.63) is 33.1 Å². The molecule has 17 heavy (non-hydrogen) atoms. The molecule has 0 radical (unpaired) electrons. The van der Waals surface area contributed by atoms with Crippen molar-refractivity contribution in [2.24, 2.45) is 0 Å². The number of hydrogen-bond donors (Lipinski definition) is 1. The average molecular weight is 354 g/mol. The molecule has 1 saturated heterocycles. The van der Waals surface area contributed by atoms with Gasteiger partial charge in [-0.25, -0.2) is 13.8 Å². The maximum Gasteiger partial charge on any atom is 0.330 e. The Morgan fingerprint density at radius 1 is 1.59 bits per heavy atom. The second-order valence-corrected chi connectivity index (χ2v) is 5.29. The van der Waals surface area contributed by atoms with Crippen LogP contribution in [0.15, 0.2) is 21.9 Å². The molecule has 5 nitrogen and oxygen atoms in total. The van der Waals surface area contributed by atoms with E-state index in [4.69, 9.17) is 4.74 Å². The molecule has 1 aliphatic rings. The van der Waals surface area contributed by atoms with Crippen LogP contribution < -0.4 is 11.2 Å². The van der Waals surface area contributed by atoms with Gasteiger partial charge in [-0.1, -0.05) is 29.5 Å². The molecule has 4 atom stereocenters. The molecular formula is C10H12FIN2O3. The molecule has 1 aromatic rings. The lowest BCUT2D eigenvalue weighted by Crippen LogP contribution is -2.40. The lowest BCUT2D eigenvalue weighted by molar-refractivity contribution is -0.0239. The van der Waals surface area contributed by atoms with Crippen LogP contribution >= 0.6 is 22.6 Å². The SMILES string of the molecule is CC[C@H]1O[C@@H](n2c(=O)cc[nH]c2=O)C(F)C1I. The molecule has 94 valence electrons.